The number of amidine groups is 1. The van der Waals surface area contributed by atoms with Crippen molar-refractivity contribution in [2.24, 2.45) is 10.4 Å². The fourth-order valence-corrected chi connectivity index (χ4v) is 6.30. The maximum absolute atomic E-state index is 13.2. The van der Waals surface area contributed by atoms with E-state index >= 15 is 0 Å². The van der Waals surface area contributed by atoms with Crippen LogP contribution in [0.2, 0.25) is 0 Å². The largest absolute Gasteiger partial charge is 0.504 e. The molecule has 0 bridgehead atoms. The number of phenolic OH excluding ortho intramolecular Hbond substituents is 1. The van der Waals surface area contributed by atoms with E-state index in [9.17, 15) is 21.9 Å². The van der Waals surface area contributed by atoms with E-state index in [-0.39, 0.29) is 27.0 Å². The van der Waals surface area contributed by atoms with E-state index in [0.717, 1.165) is 4.31 Å². The normalized spacial score (nSPS) is 23.4. The highest BCUT2D eigenvalue weighted by atomic mass is 32.2. The number of benzene rings is 1. The molecule has 38 heavy (non-hydrogen) atoms. The average Bonchev–Trinajstić information content (AvgIpc) is 3.30. The molecule has 0 amide bonds. The van der Waals surface area contributed by atoms with Crippen LogP contribution < -0.4 is 10.0 Å². The molecule has 2 aromatic rings. The van der Waals surface area contributed by atoms with Crippen molar-refractivity contribution in [2.45, 2.75) is 58.1 Å². The number of hydrogen-bond acceptors (Lipinski definition) is 10. The summed E-state index contributed by atoms with van der Waals surface area (Å²) in [6, 6.07) is 7.05. The smallest absolute Gasteiger partial charge is 0.266 e. The van der Waals surface area contributed by atoms with Gasteiger partial charge in [-0.1, -0.05) is 26.8 Å². The molecule has 1 saturated heterocycles. The van der Waals surface area contributed by atoms with Gasteiger partial charge in [-0.25, -0.2) is 21.1 Å². The molecule has 3 heterocycles. The number of phenols is 1. The summed E-state index contributed by atoms with van der Waals surface area (Å²) in [5, 5.41) is 13.8. The van der Waals surface area contributed by atoms with E-state index in [0.29, 0.717) is 11.5 Å². The van der Waals surface area contributed by atoms with Gasteiger partial charge in [0.05, 0.1) is 5.69 Å². The van der Waals surface area contributed by atoms with Gasteiger partial charge in [0, 0.05) is 14.1 Å². The molecule has 12 nitrogen and oxygen atoms in total. The number of nitrogens with zero attached hydrogens (tertiary/aromatic N) is 2. The fraction of sp³-hybridized carbons (Fsp3) is 0.458. The van der Waals surface area contributed by atoms with Gasteiger partial charge in [0.25, 0.3) is 10.0 Å². The molecule has 0 unspecified atom stereocenters. The fourth-order valence-electron chi connectivity index (χ4n) is 4.00. The first kappa shape index (κ1) is 28.1. The van der Waals surface area contributed by atoms with Crippen LogP contribution in [0.25, 0.3) is 0 Å². The average molecular weight is 569 g/mol. The third-order valence-electron chi connectivity index (χ3n) is 5.97. The molecule has 0 spiro atoms. The summed E-state index contributed by atoms with van der Waals surface area (Å²) < 4.78 is 72.2. The quantitative estimate of drug-likeness (QED) is 0.427. The van der Waals surface area contributed by atoms with Gasteiger partial charge in [-0.2, -0.15) is 0 Å². The molecule has 4 rings (SSSR count). The number of furan rings is 1. The van der Waals surface area contributed by atoms with Crippen molar-refractivity contribution in [2.75, 3.05) is 19.4 Å². The van der Waals surface area contributed by atoms with Crippen LogP contribution in [0.15, 0.2) is 55.2 Å². The molecular weight excluding hydrogens is 536 g/mol. The van der Waals surface area contributed by atoms with Crippen LogP contribution in [-0.4, -0.2) is 58.8 Å². The molecule has 3 N–H and O–H groups in total. The highest BCUT2D eigenvalue weighted by molar-refractivity contribution is 7.94. The Morgan fingerprint density at radius 2 is 1.82 bits per heavy atom. The number of ether oxygens (including phenoxy) is 2. The van der Waals surface area contributed by atoms with Crippen molar-refractivity contribution in [3.63, 3.8) is 0 Å². The van der Waals surface area contributed by atoms with Gasteiger partial charge >= 0.3 is 0 Å². The Morgan fingerprint density at radius 3 is 2.34 bits per heavy atom. The van der Waals surface area contributed by atoms with Crippen molar-refractivity contribution in [1.29, 1.82) is 0 Å². The molecule has 14 heteroatoms. The third-order valence-corrected chi connectivity index (χ3v) is 9.26. The number of sulfonamides is 2. The number of hydrogen-bond donors (Lipinski definition) is 3. The van der Waals surface area contributed by atoms with Crippen LogP contribution in [0.1, 0.15) is 45.3 Å². The number of aryl methyl sites for hydroxylation is 1. The number of para-hydroxylation sites is 1. The van der Waals surface area contributed by atoms with E-state index in [1.54, 1.807) is 26.0 Å². The lowest BCUT2D eigenvalue weighted by Gasteiger charge is -2.34. The van der Waals surface area contributed by atoms with Gasteiger partial charge in [0.1, 0.15) is 33.1 Å². The third kappa shape index (κ3) is 5.18. The predicted octanol–water partition coefficient (Wildman–Crippen LogP) is 3.01. The second-order valence-electron chi connectivity index (χ2n) is 10.3. The Morgan fingerprint density at radius 1 is 1.16 bits per heavy atom. The molecule has 2 aliphatic rings. The lowest BCUT2D eigenvalue weighted by Crippen LogP contribution is -2.42. The summed E-state index contributed by atoms with van der Waals surface area (Å²) in [5.74, 6) is 0.543. The first-order valence-corrected chi connectivity index (χ1v) is 14.7. The second-order valence-corrected chi connectivity index (χ2v) is 14.0. The predicted molar refractivity (Wildman–Crippen MR) is 140 cm³/mol. The molecule has 208 valence electrons. The summed E-state index contributed by atoms with van der Waals surface area (Å²) in [6.45, 7) is 9.21. The SMILES string of the molecule is Cc1ccc([C@H](N=C2NS(=O)(=O)C(C3OC(C)O3)=C2Nc2cccc(S(=O)(=O)N(C)C)c2O)C(C)(C)C)o1. The summed E-state index contributed by atoms with van der Waals surface area (Å²) >= 11 is 0. The lowest BCUT2D eigenvalue weighted by atomic mass is 9.85. The first-order chi connectivity index (χ1) is 17.5. The molecule has 1 aromatic heterocycles. The van der Waals surface area contributed by atoms with Crippen LogP contribution in [0, 0.1) is 12.3 Å². The van der Waals surface area contributed by atoms with E-state index < -0.39 is 49.8 Å². The summed E-state index contributed by atoms with van der Waals surface area (Å²) in [4.78, 5) is 4.10. The zero-order valence-electron chi connectivity index (χ0n) is 22.1. The molecule has 0 aliphatic carbocycles. The summed E-state index contributed by atoms with van der Waals surface area (Å²) in [6.07, 6.45) is -1.85. The Bertz CT molecular complexity index is 1510. The Labute approximate surface area is 222 Å². The van der Waals surface area contributed by atoms with E-state index in [4.69, 9.17) is 18.9 Å². The lowest BCUT2D eigenvalue weighted by molar-refractivity contribution is -0.356. The minimum Gasteiger partial charge on any atom is -0.504 e. The summed E-state index contributed by atoms with van der Waals surface area (Å²) in [7, 11) is -5.50. The minimum atomic E-state index is -4.17. The van der Waals surface area contributed by atoms with Crippen molar-refractivity contribution < 1.29 is 35.8 Å². The monoisotopic (exact) mass is 568 g/mol. The maximum atomic E-state index is 13.2. The van der Waals surface area contributed by atoms with Crippen molar-refractivity contribution >= 4 is 31.6 Å². The number of anilines is 1. The van der Waals surface area contributed by atoms with Gasteiger partial charge in [0.2, 0.25) is 16.3 Å². The molecule has 1 atom stereocenters. The van der Waals surface area contributed by atoms with Crippen LogP contribution in [0.3, 0.4) is 0 Å². The second kappa shape index (κ2) is 9.68. The highest BCUT2D eigenvalue weighted by Crippen LogP contribution is 2.41. The number of aromatic hydroxyl groups is 1. The molecule has 1 aromatic carbocycles. The van der Waals surface area contributed by atoms with Crippen molar-refractivity contribution in [1.82, 2.24) is 9.03 Å². The van der Waals surface area contributed by atoms with Crippen LogP contribution in [0.5, 0.6) is 5.75 Å². The van der Waals surface area contributed by atoms with Gasteiger partial charge in [0.15, 0.2) is 17.9 Å². The number of rotatable bonds is 7. The van der Waals surface area contributed by atoms with Crippen molar-refractivity contribution in [3.05, 3.63) is 52.5 Å². The number of aliphatic imine (C=N–C) groups is 1. The van der Waals surface area contributed by atoms with Gasteiger partial charge in [-0.3, -0.25) is 9.71 Å². The van der Waals surface area contributed by atoms with E-state index in [1.165, 1.54) is 32.3 Å². The highest BCUT2D eigenvalue weighted by Gasteiger charge is 2.46. The van der Waals surface area contributed by atoms with E-state index in [1.807, 2.05) is 20.8 Å². The Balaban J connectivity index is 1.88. The Kier molecular flexibility index (Phi) is 7.16. The molecule has 1 fully saturated rings. The van der Waals surface area contributed by atoms with Gasteiger partial charge in [-0.15, -0.1) is 0 Å². The van der Waals surface area contributed by atoms with E-state index in [2.05, 4.69) is 10.0 Å². The number of nitrogens with one attached hydrogen (secondary N) is 2. The molecular formula is C24H32N4O8S2. The molecule has 2 aliphatic heterocycles. The van der Waals surface area contributed by atoms with Crippen molar-refractivity contribution in [3.8, 4) is 5.75 Å². The zero-order chi connectivity index (χ0) is 28.2. The standard InChI is InChI=1S/C24H32N4O8S2/c1-13-11-12-16(34-13)21(24(3,4)5)26-22-18(20(37(30,31)27-22)23-35-14(2)36-23)25-15-9-8-10-17(19(15)29)38(32,33)28(6)7/h8-12,14,21,23,25,29H,1-7H3,(H,26,27)/t14?,21-,23?/m0/s1. The summed E-state index contributed by atoms with van der Waals surface area (Å²) in [5.41, 5.74) is -0.592. The van der Waals surface area contributed by atoms with Gasteiger partial charge in [-0.05, 0) is 43.5 Å². The first-order valence-electron chi connectivity index (χ1n) is 11.8. The topological polar surface area (TPSA) is 160 Å². The van der Waals surface area contributed by atoms with Crippen LogP contribution in [0.4, 0.5) is 5.69 Å². The van der Waals surface area contributed by atoms with Crippen LogP contribution >= 0.6 is 0 Å². The zero-order valence-corrected chi connectivity index (χ0v) is 23.8. The maximum Gasteiger partial charge on any atom is 0.266 e. The van der Waals surface area contributed by atoms with Gasteiger partial charge < -0.3 is 24.3 Å². The minimum absolute atomic E-state index is 0.0471. The Hall–Kier alpha value is -2.91. The molecule has 0 radical (unpaired) electrons. The molecule has 0 saturated carbocycles. The van der Waals surface area contributed by atoms with Crippen LogP contribution in [-0.2, 0) is 29.5 Å².